The van der Waals surface area contributed by atoms with Gasteiger partial charge in [0, 0.05) is 41.9 Å². The van der Waals surface area contributed by atoms with Crippen LogP contribution in [0.1, 0.15) is 30.0 Å². The van der Waals surface area contributed by atoms with Gasteiger partial charge in [-0.2, -0.15) is 15.3 Å². The van der Waals surface area contributed by atoms with E-state index in [2.05, 4.69) is 39.8 Å². The van der Waals surface area contributed by atoms with Crippen LogP contribution in [0.5, 0.6) is 11.5 Å². The number of benzene rings is 3. The molecule has 5 aromatic rings. The average Bonchev–Trinajstić information content (AvgIpc) is 3.70. The molecule has 0 unspecified atom stereocenters. The topological polar surface area (TPSA) is 74.1 Å². The van der Waals surface area contributed by atoms with Crippen molar-refractivity contribution in [2.45, 2.75) is 25.3 Å². The summed E-state index contributed by atoms with van der Waals surface area (Å²) in [6.07, 6.45) is 4.13. The number of aryl methyl sites for hydroxylation is 1. The number of nitrogens with zero attached hydrogens (tertiary/aromatic N) is 4. The van der Waals surface area contributed by atoms with Crippen molar-refractivity contribution < 1.29 is 9.47 Å². The van der Waals surface area contributed by atoms with Crippen LogP contribution in [-0.4, -0.2) is 34.2 Å². The van der Waals surface area contributed by atoms with Crippen molar-refractivity contribution in [3.8, 4) is 22.6 Å². The Morgan fingerprint density at radius 1 is 1.03 bits per heavy atom. The van der Waals surface area contributed by atoms with Crippen LogP contribution < -0.4 is 14.8 Å². The molecule has 6 rings (SSSR count). The first kappa shape index (κ1) is 22.6. The molecule has 0 amide bonds. The molecule has 2 aromatic heterocycles. The molecule has 7 nitrogen and oxygen atoms in total. The second kappa shape index (κ2) is 8.99. The fourth-order valence-corrected chi connectivity index (χ4v) is 5.06. The zero-order valence-corrected chi connectivity index (χ0v) is 21.1. The highest BCUT2D eigenvalue weighted by atomic mass is 35.5. The summed E-state index contributed by atoms with van der Waals surface area (Å²) >= 11 is 6.78. The highest BCUT2D eigenvalue weighted by Crippen LogP contribution is 2.45. The number of halogens is 1. The fraction of sp³-hybridized carbons (Fsp3) is 0.250. The monoisotopic (exact) mass is 499 g/mol. The Kier molecular flexibility index (Phi) is 5.64. The van der Waals surface area contributed by atoms with Gasteiger partial charge in [-0.15, -0.1) is 0 Å². The van der Waals surface area contributed by atoms with E-state index in [0.717, 1.165) is 66.4 Å². The first-order valence-corrected chi connectivity index (χ1v) is 12.3. The molecule has 0 bridgehead atoms. The van der Waals surface area contributed by atoms with Gasteiger partial charge in [0.25, 0.3) is 0 Å². The van der Waals surface area contributed by atoms with Crippen LogP contribution in [0.3, 0.4) is 0 Å². The minimum absolute atomic E-state index is 0.539. The third kappa shape index (κ3) is 3.99. The maximum Gasteiger partial charge on any atom is 0.127 e. The number of ether oxygens (including phenoxy) is 2. The van der Waals surface area contributed by atoms with Crippen LogP contribution in [-0.2, 0) is 13.6 Å². The van der Waals surface area contributed by atoms with Crippen LogP contribution in [0.2, 0.25) is 5.02 Å². The van der Waals surface area contributed by atoms with Gasteiger partial charge in [0.1, 0.15) is 11.5 Å². The Morgan fingerprint density at radius 2 is 1.89 bits per heavy atom. The van der Waals surface area contributed by atoms with Crippen LogP contribution >= 0.6 is 11.6 Å². The summed E-state index contributed by atoms with van der Waals surface area (Å²) in [4.78, 5) is 0. The van der Waals surface area contributed by atoms with E-state index < -0.39 is 0 Å². The number of hydrogen-bond donors (Lipinski definition) is 1. The summed E-state index contributed by atoms with van der Waals surface area (Å²) < 4.78 is 12.8. The molecule has 36 heavy (non-hydrogen) atoms. The van der Waals surface area contributed by atoms with Gasteiger partial charge in [0.15, 0.2) is 0 Å². The molecule has 0 saturated heterocycles. The van der Waals surface area contributed by atoms with Gasteiger partial charge in [0.2, 0.25) is 0 Å². The van der Waals surface area contributed by atoms with Gasteiger partial charge in [-0.3, -0.25) is 4.68 Å². The largest absolute Gasteiger partial charge is 0.497 e. The van der Waals surface area contributed by atoms with Gasteiger partial charge < -0.3 is 14.8 Å². The van der Waals surface area contributed by atoms with E-state index in [0.29, 0.717) is 12.5 Å². The smallest absolute Gasteiger partial charge is 0.127 e. The van der Waals surface area contributed by atoms with Crippen molar-refractivity contribution in [2.24, 2.45) is 7.05 Å². The number of methoxy groups -OCH3 is 2. The van der Waals surface area contributed by atoms with Crippen molar-refractivity contribution >= 4 is 39.1 Å². The Labute approximate surface area is 214 Å². The second-order valence-corrected chi connectivity index (χ2v) is 9.56. The van der Waals surface area contributed by atoms with Crippen LogP contribution in [0.25, 0.3) is 32.9 Å². The summed E-state index contributed by atoms with van der Waals surface area (Å²) in [6.45, 7) is 0.575. The molecule has 1 aliphatic rings. The van der Waals surface area contributed by atoms with E-state index in [4.69, 9.17) is 26.2 Å². The maximum absolute atomic E-state index is 6.78. The number of aromatic nitrogens is 4. The van der Waals surface area contributed by atoms with Crippen LogP contribution in [0.15, 0.2) is 54.7 Å². The quantitative estimate of drug-likeness (QED) is 0.281. The molecule has 0 radical (unpaired) electrons. The SMILES string of the molecule is COc1ccc(CNc2cnnc3cc(-c4cc(Cl)c5c(C6CC6)nn(C)c5c4)ccc23)c(OC)c1. The van der Waals surface area contributed by atoms with Crippen molar-refractivity contribution in [1.82, 2.24) is 20.0 Å². The molecular formula is C28H26ClN5O2. The zero-order valence-electron chi connectivity index (χ0n) is 20.4. The molecule has 1 aliphatic carbocycles. The predicted molar refractivity (Wildman–Crippen MR) is 143 cm³/mol. The second-order valence-electron chi connectivity index (χ2n) is 9.16. The molecule has 1 saturated carbocycles. The lowest BCUT2D eigenvalue weighted by Gasteiger charge is -2.13. The number of fused-ring (bicyclic) bond motifs is 2. The molecule has 2 heterocycles. The lowest BCUT2D eigenvalue weighted by atomic mass is 10.0. The normalized spacial score (nSPS) is 13.3. The third-order valence-corrected chi connectivity index (χ3v) is 7.13. The molecular weight excluding hydrogens is 474 g/mol. The Morgan fingerprint density at radius 3 is 2.67 bits per heavy atom. The highest BCUT2D eigenvalue weighted by molar-refractivity contribution is 6.36. The molecule has 1 fully saturated rings. The van der Waals surface area contributed by atoms with E-state index in [-0.39, 0.29) is 0 Å². The minimum Gasteiger partial charge on any atom is -0.497 e. The van der Waals surface area contributed by atoms with E-state index in [1.165, 1.54) is 12.8 Å². The number of rotatable bonds is 7. The average molecular weight is 500 g/mol. The molecule has 3 aromatic carbocycles. The third-order valence-electron chi connectivity index (χ3n) is 6.83. The Bertz CT molecular complexity index is 1610. The zero-order chi connectivity index (χ0) is 24.8. The standard InChI is InChI=1S/C28H26ClN5O2/c1-34-25-12-19(10-22(29)27(25)28(33-34)16-4-5-16)17-7-9-21-23(11-17)32-31-15-24(21)30-14-18-6-8-20(35-2)13-26(18)36-3/h6-13,15-16H,4-5,14H2,1-3H3,(H,30,32). The van der Waals surface area contributed by atoms with Gasteiger partial charge >= 0.3 is 0 Å². The summed E-state index contributed by atoms with van der Waals surface area (Å²) in [5, 5.41) is 19.7. The van der Waals surface area contributed by atoms with Crippen molar-refractivity contribution in [3.63, 3.8) is 0 Å². The molecule has 0 spiro atoms. The first-order valence-electron chi connectivity index (χ1n) is 11.9. The highest BCUT2D eigenvalue weighted by Gasteiger charge is 2.30. The van der Waals surface area contributed by atoms with Gasteiger partial charge in [-0.05, 0) is 60.4 Å². The van der Waals surface area contributed by atoms with Crippen LogP contribution in [0.4, 0.5) is 5.69 Å². The summed E-state index contributed by atoms with van der Waals surface area (Å²) in [7, 11) is 5.28. The maximum atomic E-state index is 6.78. The van der Waals surface area contributed by atoms with E-state index in [1.54, 1.807) is 20.4 Å². The molecule has 0 atom stereocenters. The summed E-state index contributed by atoms with van der Waals surface area (Å²) in [6, 6.07) is 16.2. The lowest BCUT2D eigenvalue weighted by molar-refractivity contribution is 0.391. The van der Waals surface area contributed by atoms with Gasteiger partial charge in [-0.1, -0.05) is 17.7 Å². The molecule has 1 N–H and O–H groups in total. The van der Waals surface area contributed by atoms with Crippen LogP contribution in [0, 0.1) is 0 Å². The Balaban J connectivity index is 1.32. The van der Waals surface area contributed by atoms with E-state index in [9.17, 15) is 0 Å². The summed E-state index contributed by atoms with van der Waals surface area (Å²) in [5.74, 6) is 2.06. The van der Waals surface area contributed by atoms with Crippen molar-refractivity contribution in [1.29, 1.82) is 0 Å². The fourth-order valence-electron chi connectivity index (χ4n) is 4.74. The minimum atomic E-state index is 0.539. The number of hydrogen-bond acceptors (Lipinski definition) is 6. The Hall–Kier alpha value is -3.84. The van der Waals surface area contributed by atoms with Crippen molar-refractivity contribution in [3.05, 3.63) is 71.0 Å². The van der Waals surface area contributed by atoms with E-state index in [1.807, 2.05) is 36.0 Å². The van der Waals surface area contributed by atoms with Crippen molar-refractivity contribution in [2.75, 3.05) is 19.5 Å². The van der Waals surface area contributed by atoms with Gasteiger partial charge in [-0.25, -0.2) is 0 Å². The predicted octanol–water partition coefficient (Wildman–Crippen LogP) is 6.34. The molecule has 8 heteroatoms. The first-order chi connectivity index (χ1) is 17.6. The lowest BCUT2D eigenvalue weighted by Crippen LogP contribution is -2.03. The molecule has 182 valence electrons. The molecule has 0 aliphatic heterocycles. The van der Waals surface area contributed by atoms with E-state index >= 15 is 0 Å². The summed E-state index contributed by atoms with van der Waals surface area (Å²) in [5.41, 5.74) is 6.96. The number of nitrogens with one attached hydrogen (secondary N) is 1. The van der Waals surface area contributed by atoms with Gasteiger partial charge in [0.05, 0.1) is 47.9 Å². The number of anilines is 1.